The van der Waals surface area contributed by atoms with Gasteiger partial charge in [0.25, 0.3) is 0 Å². The zero-order valence-corrected chi connectivity index (χ0v) is 14.2. The molecule has 0 aliphatic carbocycles. The Morgan fingerprint density at radius 3 is 2.86 bits per heavy atom. The molecule has 1 aromatic heterocycles. The van der Waals surface area contributed by atoms with Gasteiger partial charge in [0.15, 0.2) is 0 Å². The molecule has 1 fully saturated rings. The number of carbonyl (C=O) groups is 1. The summed E-state index contributed by atoms with van der Waals surface area (Å²) >= 11 is 1.53. The van der Waals surface area contributed by atoms with Gasteiger partial charge in [-0.15, -0.1) is 11.3 Å². The number of hydrogen-bond acceptors (Lipinski definition) is 5. The van der Waals surface area contributed by atoms with Gasteiger partial charge in [-0.1, -0.05) is 6.92 Å². The number of hydrogen-bond donors (Lipinski definition) is 3. The molecule has 0 spiro atoms. The summed E-state index contributed by atoms with van der Waals surface area (Å²) < 4.78 is 0. The van der Waals surface area contributed by atoms with Crippen molar-refractivity contribution in [1.29, 1.82) is 0 Å². The van der Waals surface area contributed by atoms with Crippen LogP contribution in [0.2, 0.25) is 0 Å². The van der Waals surface area contributed by atoms with Crippen molar-refractivity contribution >= 4 is 17.4 Å². The van der Waals surface area contributed by atoms with Crippen molar-refractivity contribution in [2.24, 2.45) is 5.92 Å². The van der Waals surface area contributed by atoms with E-state index >= 15 is 0 Å². The quantitative estimate of drug-likeness (QED) is 0.737. The summed E-state index contributed by atoms with van der Waals surface area (Å²) in [5, 5.41) is 15.5. The first-order valence-corrected chi connectivity index (χ1v) is 8.73. The van der Waals surface area contributed by atoms with Crippen LogP contribution in [0.15, 0.2) is 5.51 Å². The zero-order valence-electron chi connectivity index (χ0n) is 13.3. The maximum Gasteiger partial charge on any atom is 0.315 e. The highest BCUT2D eigenvalue weighted by Gasteiger charge is 2.18. The van der Waals surface area contributed by atoms with E-state index in [0.717, 1.165) is 29.6 Å². The topological polar surface area (TPSA) is 77.5 Å². The predicted molar refractivity (Wildman–Crippen MR) is 87.9 cm³/mol. The molecule has 1 aliphatic rings. The van der Waals surface area contributed by atoms with Crippen molar-refractivity contribution in [3.63, 3.8) is 0 Å². The first-order chi connectivity index (χ1) is 10.5. The number of aliphatic hydroxyl groups is 1. The van der Waals surface area contributed by atoms with Crippen molar-refractivity contribution in [3.8, 4) is 0 Å². The molecule has 22 heavy (non-hydrogen) atoms. The van der Waals surface area contributed by atoms with Gasteiger partial charge in [-0.3, -0.25) is 0 Å². The van der Waals surface area contributed by atoms with Crippen LogP contribution in [0.5, 0.6) is 0 Å². The van der Waals surface area contributed by atoms with E-state index in [1.54, 1.807) is 5.51 Å². The lowest BCUT2D eigenvalue weighted by molar-refractivity contribution is 0.0920. The Bertz CT molecular complexity index is 472. The molecule has 6 nitrogen and oxygen atoms in total. The minimum Gasteiger partial charge on any atom is -0.390 e. The number of nitrogens with zero attached hydrogens (tertiary/aromatic N) is 2. The Morgan fingerprint density at radius 2 is 2.23 bits per heavy atom. The fourth-order valence-corrected chi connectivity index (χ4v) is 3.25. The summed E-state index contributed by atoms with van der Waals surface area (Å²) in [4.78, 5) is 19.2. The summed E-state index contributed by atoms with van der Waals surface area (Å²) in [5.41, 5.74) is 2.72. The second-order valence-corrected chi connectivity index (χ2v) is 7.00. The lowest BCUT2D eigenvalue weighted by atomic mass is 9.99. The molecule has 2 heterocycles. The standard InChI is InChI=1S/C15H26N4O2S/c1-11-3-5-19(6-4-11)9-13(20)7-16-15(21)17-8-14-12(2)18-10-22-14/h10-11,13,20H,3-9H2,1-2H3,(H2,16,17,21). The van der Waals surface area contributed by atoms with Crippen LogP contribution in [0.4, 0.5) is 4.79 Å². The van der Waals surface area contributed by atoms with Gasteiger partial charge in [0.05, 0.1) is 23.9 Å². The molecule has 124 valence electrons. The predicted octanol–water partition coefficient (Wildman–Crippen LogP) is 1.34. The molecule has 1 saturated heterocycles. The third kappa shape index (κ3) is 5.55. The molecule has 7 heteroatoms. The minimum absolute atomic E-state index is 0.251. The van der Waals surface area contributed by atoms with Crippen molar-refractivity contribution in [3.05, 3.63) is 16.1 Å². The van der Waals surface area contributed by atoms with Crippen LogP contribution >= 0.6 is 11.3 Å². The summed E-state index contributed by atoms with van der Waals surface area (Å²) in [7, 11) is 0. The summed E-state index contributed by atoms with van der Waals surface area (Å²) in [5.74, 6) is 0.785. The number of aryl methyl sites for hydroxylation is 1. The highest BCUT2D eigenvalue weighted by Crippen LogP contribution is 2.15. The molecule has 0 bridgehead atoms. The largest absolute Gasteiger partial charge is 0.390 e. The Balaban J connectivity index is 1.60. The van der Waals surface area contributed by atoms with Crippen LogP contribution in [-0.2, 0) is 6.54 Å². The number of rotatable bonds is 6. The molecule has 0 saturated carbocycles. The third-order valence-corrected chi connectivity index (χ3v) is 5.03. The van der Waals surface area contributed by atoms with Gasteiger partial charge < -0.3 is 20.6 Å². The second-order valence-electron chi connectivity index (χ2n) is 6.06. The monoisotopic (exact) mass is 326 g/mol. The number of β-amino-alcohol motifs (C(OH)–C–C–N with tert-alkyl or cyclic N) is 1. The molecule has 0 aromatic carbocycles. The smallest absolute Gasteiger partial charge is 0.315 e. The number of nitrogens with one attached hydrogen (secondary N) is 2. The van der Waals surface area contributed by atoms with Gasteiger partial charge in [0.1, 0.15) is 0 Å². The van der Waals surface area contributed by atoms with Gasteiger partial charge in [0.2, 0.25) is 0 Å². The highest BCUT2D eigenvalue weighted by molar-refractivity contribution is 7.09. The molecule has 3 N–H and O–H groups in total. The molecule has 1 unspecified atom stereocenters. The highest BCUT2D eigenvalue weighted by atomic mass is 32.1. The number of aromatic nitrogens is 1. The lowest BCUT2D eigenvalue weighted by Gasteiger charge is -2.31. The van der Waals surface area contributed by atoms with Crippen molar-refractivity contribution in [2.75, 3.05) is 26.2 Å². The number of aliphatic hydroxyl groups excluding tert-OH is 1. The van der Waals surface area contributed by atoms with E-state index in [2.05, 4.69) is 27.4 Å². The first-order valence-electron chi connectivity index (χ1n) is 7.85. The fraction of sp³-hybridized carbons (Fsp3) is 0.733. The first kappa shape index (κ1) is 17.2. The van der Waals surface area contributed by atoms with Crippen LogP contribution in [0, 0.1) is 12.8 Å². The van der Waals surface area contributed by atoms with Crippen molar-refractivity contribution in [1.82, 2.24) is 20.5 Å². The van der Waals surface area contributed by atoms with E-state index in [1.807, 2.05) is 6.92 Å². The summed E-state index contributed by atoms with van der Waals surface area (Å²) in [6.45, 7) is 7.65. The van der Waals surface area contributed by atoms with Crippen LogP contribution in [0.25, 0.3) is 0 Å². The number of thiazole rings is 1. The van der Waals surface area contributed by atoms with E-state index in [-0.39, 0.29) is 12.6 Å². The average molecular weight is 326 g/mol. The maximum atomic E-state index is 11.7. The number of carbonyl (C=O) groups excluding carboxylic acids is 1. The zero-order chi connectivity index (χ0) is 15.9. The maximum absolute atomic E-state index is 11.7. The lowest BCUT2D eigenvalue weighted by Crippen LogP contribution is -2.45. The Morgan fingerprint density at radius 1 is 1.50 bits per heavy atom. The van der Waals surface area contributed by atoms with Gasteiger partial charge in [-0.25, -0.2) is 9.78 Å². The number of piperidine rings is 1. The molecule has 1 aliphatic heterocycles. The SMILES string of the molecule is Cc1ncsc1CNC(=O)NCC(O)CN1CCC(C)CC1. The van der Waals surface area contributed by atoms with Gasteiger partial charge >= 0.3 is 6.03 Å². The molecule has 2 rings (SSSR count). The average Bonchev–Trinajstić information content (AvgIpc) is 2.91. The fourth-order valence-electron chi connectivity index (χ4n) is 2.54. The third-order valence-electron chi connectivity index (χ3n) is 4.10. The number of urea groups is 1. The molecule has 2 amide bonds. The van der Waals surface area contributed by atoms with E-state index in [0.29, 0.717) is 13.1 Å². The van der Waals surface area contributed by atoms with E-state index in [4.69, 9.17) is 0 Å². The van der Waals surface area contributed by atoms with Gasteiger partial charge in [0, 0.05) is 18.0 Å². The molecular formula is C15H26N4O2S. The van der Waals surface area contributed by atoms with Gasteiger partial charge in [-0.05, 0) is 38.8 Å². The Labute approximate surface area is 135 Å². The minimum atomic E-state index is -0.524. The van der Waals surface area contributed by atoms with E-state index < -0.39 is 6.10 Å². The molecule has 0 radical (unpaired) electrons. The number of amides is 2. The van der Waals surface area contributed by atoms with Crippen LogP contribution < -0.4 is 10.6 Å². The van der Waals surface area contributed by atoms with E-state index in [9.17, 15) is 9.90 Å². The van der Waals surface area contributed by atoms with Gasteiger partial charge in [-0.2, -0.15) is 0 Å². The Kier molecular flexibility index (Phi) is 6.60. The van der Waals surface area contributed by atoms with Crippen molar-refractivity contribution < 1.29 is 9.90 Å². The van der Waals surface area contributed by atoms with Crippen LogP contribution in [0.1, 0.15) is 30.3 Å². The second kappa shape index (κ2) is 8.45. The van der Waals surface area contributed by atoms with Crippen LogP contribution in [-0.4, -0.2) is 53.3 Å². The van der Waals surface area contributed by atoms with Crippen LogP contribution in [0.3, 0.4) is 0 Å². The summed E-state index contributed by atoms with van der Waals surface area (Å²) in [6, 6.07) is -0.251. The number of likely N-dealkylation sites (tertiary alicyclic amines) is 1. The Hall–Kier alpha value is -1.18. The molecule has 1 aromatic rings. The summed E-state index contributed by atoms with van der Waals surface area (Å²) in [6.07, 6.45) is 1.85. The van der Waals surface area contributed by atoms with Crippen molar-refractivity contribution in [2.45, 2.75) is 39.3 Å². The molecular weight excluding hydrogens is 300 g/mol. The normalized spacial score (nSPS) is 18.1. The van der Waals surface area contributed by atoms with E-state index in [1.165, 1.54) is 24.2 Å². The molecule has 1 atom stereocenters.